The van der Waals surface area contributed by atoms with Gasteiger partial charge in [0.1, 0.15) is 5.82 Å². The van der Waals surface area contributed by atoms with Crippen LogP contribution in [-0.2, 0) is 24.3 Å². The lowest BCUT2D eigenvalue weighted by atomic mass is 9.97. The summed E-state index contributed by atoms with van der Waals surface area (Å²) in [4.78, 5) is 36.6. The predicted octanol–water partition coefficient (Wildman–Crippen LogP) is 2.44. The van der Waals surface area contributed by atoms with Crippen LogP contribution >= 0.6 is 0 Å². The minimum atomic E-state index is -3.79. The van der Waals surface area contributed by atoms with Crippen LogP contribution in [0.2, 0.25) is 0 Å². The van der Waals surface area contributed by atoms with Crippen LogP contribution in [0, 0.1) is 11.7 Å². The van der Waals surface area contributed by atoms with Gasteiger partial charge in [-0.25, -0.2) is 22.4 Å². The molecule has 0 radical (unpaired) electrons. The van der Waals surface area contributed by atoms with E-state index in [-0.39, 0.29) is 53.5 Å². The Bertz CT molecular complexity index is 1120. The maximum atomic E-state index is 13.1. The van der Waals surface area contributed by atoms with Gasteiger partial charge >= 0.3 is 11.9 Å². The Morgan fingerprint density at radius 1 is 0.939 bits per heavy atom. The number of anilines is 1. The van der Waals surface area contributed by atoms with Gasteiger partial charge in [-0.1, -0.05) is 0 Å². The van der Waals surface area contributed by atoms with E-state index < -0.39 is 33.7 Å². The van der Waals surface area contributed by atoms with E-state index in [4.69, 9.17) is 0 Å². The smallest absolute Gasteiger partial charge is 0.337 e. The van der Waals surface area contributed by atoms with Crippen molar-refractivity contribution in [2.45, 2.75) is 17.7 Å². The highest BCUT2D eigenvalue weighted by molar-refractivity contribution is 7.89. The van der Waals surface area contributed by atoms with Crippen LogP contribution in [0.25, 0.3) is 0 Å². The van der Waals surface area contributed by atoms with Gasteiger partial charge in [0.2, 0.25) is 15.9 Å². The minimum Gasteiger partial charge on any atom is -0.465 e. The SMILES string of the molecule is COC(=O)c1cc(NC(=O)C2CCN(S(=O)(=O)c3ccc(F)cc3)CC2)cc(C(=O)OC)c1. The van der Waals surface area contributed by atoms with Crippen molar-refractivity contribution >= 4 is 33.6 Å². The van der Waals surface area contributed by atoms with Crippen LogP contribution in [0.1, 0.15) is 33.6 Å². The Morgan fingerprint density at radius 3 is 1.94 bits per heavy atom. The van der Waals surface area contributed by atoms with Gasteiger partial charge in [-0.3, -0.25) is 4.79 Å². The Morgan fingerprint density at radius 2 is 1.45 bits per heavy atom. The van der Waals surface area contributed by atoms with Crippen molar-refractivity contribution in [1.82, 2.24) is 4.31 Å². The van der Waals surface area contributed by atoms with Crippen molar-refractivity contribution in [2.24, 2.45) is 5.92 Å². The molecule has 1 amide bonds. The molecule has 33 heavy (non-hydrogen) atoms. The number of esters is 2. The highest BCUT2D eigenvalue weighted by Crippen LogP contribution is 2.26. The van der Waals surface area contributed by atoms with Gasteiger partial charge < -0.3 is 14.8 Å². The molecule has 1 heterocycles. The van der Waals surface area contributed by atoms with E-state index in [9.17, 15) is 27.2 Å². The maximum Gasteiger partial charge on any atom is 0.337 e. The summed E-state index contributed by atoms with van der Waals surface area (Å²) in [5.74, 6) is -2.75. The topological polar surface area (TPSA) is 119 Å². The summed E-state index contributed by atoms with van der Waals surface area (Å²) >= 11 is 0. The summed E-state index contributed by atoms with van der Waals surface area (Å²) in [6.07, 6.45) is 0.541. The number of carbonyl (C=O) groups is 3. The molecule has 0 aromatic heterocycles. The van der Waals surface area contributed by atoms with Crippen LogP contribution in [0.4, 0.5) is 10.1 Å². The molecule has 2 aromatic rings. The number of ether oxygens (including phenoxy) is 2. The first-order valence-corrected chi connectivity index (χ1v) is 11.5. The summed E-state index contributed by atoms with van der Waals surface area (Å²) < 4.78 is 49.2. The zero-order valence-electron chi connectivity index (χ0n) is 18.0. The number of hydrogen-bond donors (Lipinski definition) is 1. The number of sulfonamides is 1. The Hall–Kier alpha value is -3.31. The summed E-state index contributed by atoms with van der Waals surface area (Å²) in [5, 5.41) is 2.68. The Balaban J connectivity index is 1.69. The molecule has 2 aromatic carbocycles. The first-order chi connectivity index (χ1) is 15.6. The van der Waals surface area contributed by atoms with Crippen molar-refractivity contribution in [3.05, 3.63) is 59.4 Å². The average Bonchev–Trinajstić information content (AvgIpc) is 2.83. The number of methoxy groups -OCH3 is 2. The maximum absolute atomic E-state index is 13.1. The highest BCUT2D eigenvalue weighted by Gasteiger charge is 2.32. The number of rotatable bonds is 6. The lowest BCUT2D eigenvalue weighted by Crippen LogP contribution is -2.41. The van der Waals surface area contributed by atoms with Crippen molar-refractivity contribution in [2.75, 3.05) is 32.6 Å². The number of halogens is 1. The minimum absolute atomic E-state index is 0.0123. The van der Waals surface area contributed by atoms with E-state index in [1.165, 1.54) is 48.9 Å². The molecule has 1 aliphatic rings. The molecular formula is C22H23FN2O7S. The number of benzene rings is 2. The summed E-state index contributed by atoms with van der Waals surface area (Å²) in [6.45, 7) is 0.237. The summed E-state index contributed by atoms with van der Waals surface area (Å²) in [7, 11) is -1.40. The molecule has 0 bridgehead atoms. The molecule has 0 atom stereocenters. The summed E-state index contributed by atoms with van der Waals surface area (Å²) in [6, 6.07) is 8.63. The zero-order chi connectivity index (χ0) is 24.2. The molecule has 176 valence electrons. The quantitative estimate of drug-likeness (QED) is 0.634. The van der Waals surface area contributed by atoms with E-state index in [2.05, 4.69) is 14.8 Å². The standard InChI is InChI=1S/C22H23FN2O7S/c1-31-21(27)15-11-16(22(28)32-2)13-18(12-15)24-20(26)14-7-9-25(10-8-14)33(29,30)19-5-3-17(23)4-6-19/h3-6,11-14H,7-10H2,1-2H3,(H,24,26). The van der Waals surface area contributed by atoms with Gasteiger partial charge in [-0.2, -0.15) is 4.31 Å². The summed E-state index contributed by atoms with van der Waals surface area (Å²) in [5.41, 5.74) is 0.344. The number of nitrogens with zero attached hydrogens (tertiary/aromatic N) is 1. The molecule has 1 fully saturated rings. The molecule has 0 spiro atoms. The number of nitrogens with one attached hydrogen (secondary N) is 1. The molecule has 1 aliphatic heterocycles. The number of hydrogen-bond acceptors (Lipinski definition) is 7. The van der Waals surface area contributed by atoms with Crippen LogP contribution in [0.5, 0.6) is 0 Å². The molecule has 9 nitrogen and oxygen atoms in total. The lowest BCUT2D eigenvalue weighted by molar-refractivity contribution is -0.120. The van der Waals surface area contributed by atoms with Crippen LogP contribution < -0.4 is 5.32 Å². The second-order valence-electron chi connectivity index (χ2n) is 7.40. The highest BCUT2D eigenvalue weighted by atomic mass is 32.2. The number of amides is 1. The largest absolute Gasteiger partial charge is 0.465 e. The molecule has 11 heteroatoms. The van der Waals surface area contributed by atoms with Gasteiger partial charge in [0.25, 0.3) is 0 Å². The van der Waals surface area contributed by atoms with Gasteiger partial charge in [0.05, 0.1) is 30.2 Å². The molecule has 3 rings (SSSR count). The van der Waals surface area contributed by atoms with Crippen molar-refractivity contribution < 1.29 is 36.7 Å². The second kappa shape index (κ2) is 10.1. The third-order valence-corrected chi connectivity index (χ3v) is 7.23. The fraction of sp³-hybridized carbons (Fsp3) is 0.318. The molecule has 1 saturated heterocycles. The fourth-order valence-electron chi connectivity index (χ4n) is 3.53. The molecule has 1 N–H and O–H groups in total. The van der Waals surface area contributed by atoms with Gasteiger partial charge in [0.15, 0.2) is 0 Å². The number of piperidine rings is 1. The van der Waals surface area contributed by atoms with Gasteiger partial charge in [0, 0.05) is 24.7 Å². The first-order valence-electron chi connectivity index (χ1n) is 10.0. The first kappa shape index (κ1) is 24.3. The molecule has 0 aliphatic carbocycles. The molecule has 0 saturated carbocycles. The van der Waals surface area contributed by atoms with Gasteiger partial charge in [-0.05, 0) is 55.3 Å². The van der Waals surface area contributed by atoms with Crippen molar-refractivity contribution in [1.29, 1.82) is 0 Å². The number of carbonyl (C=O) groups excluding carboxylic acids is 3. The lowest BCUT2D eigenvalue weighted by Gasteiger charge is -2.30. The third-order valence-electron chi connectivity index (χ3n) is 5.32. The van der Waals surface area contributed by atoms with Crippen LogP contribution in [-0.4, -0.2) is 57.9 Å². The van der Waals surface area contributed by atoms with E-state index in [1.807, 2.05) is 0 Å². The second-order valence-corrected chi connectivity index (χ2v) is 9.34. The monoisotopic (exact) mass is 478 g/mol. The van der Waals surface area contributed by atoms with Crippen LogP contribution in [0.3, 0.4) is 0 Å². The van der Waals surface area contributed by atoms with E-state index in [1.54, 1.807) is 0 Å². The molecule has 0 unspecified atom stereocenters. The normalized spacial score (nSPS) is 15.0. The Kier molecular flexibility index (Phi) is 7.44. The van der Waals surface area contributed by atoms with E-state index in [0.717, 1.165) is 12.1 Å². The van der Waals surface area contributed by atoms with Crippen LogP contribution in [0.15, 0.2) is 47.4 Å². The fourth-order valence-corrected chi connectivity index (χ4v) is 5.00. The third kappa shape index (κ3) is 5.55. The van der Waals surface area contributed by atoms with Gasteiger partial charge in [-0.15, -0.1) is 0 Å². The van der Waals surface area contributed by atoms with Crippen molar-refractivity contribution in [3.63, 3.8) is 0 Å². The average molecular weight is 478 g/mol. The zero-order valence-corrected chi connectivity index (χ0v) is 18.9. The molecular weight excluding hydrogens is 455 g/mol. The predicted molar refractivity (Wildman–Crippen MR) is 116 cm³/mol. The van der Waals surface area contributed by atoms with E-state index >= 15 is 0 Å². The Labute approximate surface area is 190 Å². The van der Waals surface area contributed by atoms with E-state index in [0.29, 0.717) is 0 Å². The van der Waals surface area contributed by atoms with Crippen molar-refractivity contribution in [3.8, 4) is 0 Å².